The first-order valence-corrected chi connectivity index (χ1v) is 13.0. The number of anilines is 1. The lowest BCUT2D eigenvalue weighted by Gasteiger charge is -2.39. The van der Waals surface area contributed by atoms with E-state index in [9.17, 15) is 9.90 Å². The van der Waals surface area contributed by atoms with Crippen LogP contribution >= 0.6 is 0 Å². The van der Waals surface area contributed by atoms with Crippen molar-refractivity contribution in [3.8, 4) is 5.75 Å². The zero-order valence-corrected chi connectivity index (χ0v) is 20.4. The molecular formula is C28H38N4O2. The number of rotatable bonds is 7. The number of nitrogens with zero attached hydrogens (tertiary/aromatic N) is 3. The standard InChI is InChI=1S/C28H38N4O2/c1-2-11-31(25-6-3-21-4-7-26(33)20-24(21)19-25)15-12-30-13-16-32(17-14-30)28(34)23-5-8-27-22(18-23)9-10-29-27/h4-5,7-8,18,20,25,29,33H,2-3,6,9-17,19H2,1H3. The molecule has 6 heteroatoms. The quantitative estimate of drug-likeness (QED) is 0.661. The van der Waals surface area contributed by atoms with Crippen LogP contribution in [0.2, 0.25) is 0 Å². The highest BCUT2D eigenvalue weighted by molar-refractivity contribution is 5.95. The third-order valence-corrected chi connectivity index (χ3v) is 7.84. The van der Waals surface area contributed by atoms with E-state index >= 15 is 0 Å². The average molecular weight is 463 g/mol. The van der Waals surface area contributed by atoms with Crippen molar-refractivity contribution >= 4 is 11.6 Å². The molecule has 5 rings (SSSR count). The Bertz CT molecular complexity index is 1020. The number of phenols is 1. The van der Waals surface area contributed by atoms with Gasteiger partial charge in [-0.15, -0.1) is 0 Å². The average Bonchev–Trinajstić information content (AvgIpc) is 3.34. The summed E-state index contributed by atoms with van der Waals surface area (Å²) in [5.41, 5.74) is 5.98. The number of fused-ring (bicyclic) bond motifs is 2. The summed E-state index contributed by atoms with van der Waals surface area (Å²) in [6.45, 7) is 9.96. The van der Waals surface area contributed by atoms with E-state index in [0.29, 0.717) is 11.8 Å². The molecule has 1 unspecified atom stereocenters. The molecule has 1 atom stereocenters. The summed E-state index contributed by atoms with van der Waals surface area (Å²) in [6.07, 6.45) is 5.48. The van der Waals surface area contributed by atoms with E-state index in [1.165, 1.54) is 28.8 Å². The van der Waals surface area contributed by atoms with Crippen molar-refractivity contribution in [2.75, 3.05) is 57.7 Å². The number of hydrogen-bond acceptors (Lipinski definition) is 5. The van der Waals surface area contributed by atoms with Gasteiger partial charge < -0.3 is 15.3 Å². The Kier molecular flexibility index (Phi) is 7.07. The fourth-order valence-electron chi connectivity index (χ4n) is 5.86. The summed E-state index contributed by atoms with van der Waals surface area (Å²) in [5, 5.41) is 13.3. The third kappa shape index (κ3) is 5.08. The van der Waals surface area contributed by atoms with Crippen LogP contribution in [0.4, 0.5) is 5.69 Å². The summed E-state index contributed by atoms with van der Waals surface area (Å²) in [5.74, 6) is 0.552. The Balaban J connectivity index is 1.12. The normalized spacial score (nSPS) is 20.2. The van der Waals surface area contributed by atoms with Gasteiger partial charge in [0.2, 0.25) is 0 Å². The Labute approximate surface area is 203 Å². The molecule has 1 amide bonds. The lowest BCUT2D eigenvalue weighted by molar-refractivity contribution is 0.0609. The summed E-state index contributed by atoms with van der Waals surface area (Å²) in [4.78, 5) is 20.2. The topological polar surface area (TPSA) is 59.0 Å². The summed E-state index contributed by atoms with van der Waals surface area (Å²) in [6, 6.07) is 12.5. The molecule has 6 nitrogen and oxygen atoms in total. The maximum absolute atomic E-state index is 13.0. The molecule has 2 heterocycles. The molecule has 1 saturated heterocycles. The van der Waals surface area contributed by atoms with Gasteiger partial charge in [0.25, 0.3) is 5.91 Å². The highest BCUT2D eigenvalue weighted by atomic mass is 16.3. The van der Waals surface area contributed by atoms with Gasteiger partial charge in [0.15, 0.2) is 0 Å². The van der Waals surface area contributed by atoms with Crippen molar-refractivity contribution in [1.82, 2.24) is 14.7 Å². The fourth-order valence-corrected chi connectivity index (χ4v) is 5.86. The van der Waals surface area contributed by atoms with Gasteiger partial charge in [-0.1, -0.05) is 13.0 Å². The summed E-state index contributed by atoms with van der Waals surface area (Å²) in [7, 11) is 0. The highest BCUT2D eigenvalue weighted by Crippen LogP contribution is 2.28. The molecule has 0 spiro atoms. The van der Waals surface area contributed by atoms with Crippen molar-refractivity contribution < 1.29 is 9.90 Å². The van der Waals surface area contributed by atoms with Crippen molar-refractivity contribution in [2.24, 2.45) is 0 Å². The van der Waals surface area contributed by atoms with Gasteiger partial charge in [-0.25, -0.2) is 0 Å². The van der Waals surface area contributed by atoms with Crippen molar-refractivity contribution in [3.63, 3.8) is 0 Å². The van der Waals surface area contributed by atoms with E-state index in [1.807, 2.05) is 23.1 Å². The first kappa shape index (κ1) is 23.2. The van der Waals surface area contributed by atoms with Crippen LogP contribution in [0.5, 0.6) is 5.75 Å². The van der Waals surface area contributed by atoms with E-state index in [0.717, 1.165) is 83.6 Å². The number of carbonyl (C=O) groups excluding carboxylic acids is 1. The Morgan fingerprint density at radius 1 is 1.03 bits per heavy atom. The first-order valence-electron chi connectivity index (χ1n) is 13.0. The smallest absolute Gasteiger partial charge is 0.253 e. The van der Waals surface area contributed by atoms with Crippen LogP contribution < -0.4 is 5.32 Å². The Morgan fingerprint density at radius 2 is 1.88 bits per heavy atom. The minimum absolute atomic E-state index is 0.172. The number of nitrogens with one attached hydrogen (secondary N) is 1. The Hall–Kier alpha value is -2.57. The maximum atomic E-state index is 13.0. The van der Waals surface area contributed by atoms with Gasteiger partial charge in [-0.3, -0.25) is 14.6 Å². The molecule has 182 valence electrons. The van der Waals surface area contributed by atoms with Gasteiger partial charge in [-0.2, -0.15) is 0 Å². The minimum Gasteiger partial charge on any atom is -0.508 e. The molecule has 1 fully saturated rings. The van der Waals surface area contributed by atoms with E-state index in [2.05, 4.69) is 40.2 Å². The molecule has 0 bridgehead atoms. The van der Waals surface area contributed by atoms with Gasteiger partial charge in [0.05, 0.1) is 0 Å². The van der Waals surface area contributed by atoms with Crippen LogP contribution in [0.3, 0.4) is 0 Å². The molecule has 2 N–H and O–H groups in total. The zero-order chi connectivity index (χ0) is 23.5. The summed E-state index contributed by atoms with van der Waals surface area (Å²) < 4.78 is 0. The van der Waals surface area contributed by atoms with Crippen LogP contribution in [-0.2, 0) is 19.3 Å². The second kappa shape index (κ2) is 10.4. The summed E-state index contributed by atoms with van der Waals surface area (Å²) >= 11 is 0. The van der Waals surface area contributed by atoms with Gasteiger partial charge in [-0.05, 0) is 85.7 Å². The van der Waals surface area contributed by atoms with Gasteiger partial charge in [0.1, 0.15) is 5.75 Å². The van der Waals surface area contributed by atoms with Crippen molar-refractivity contribution in [3.05, 3.63) is 58.7 Å². The van der Waals surface area contributed by atoms with E-state index in [4.69, 9.17) is 0 Å². The molecule has 0 aromatic heterocycles. The lowest BCUT2D eigenvalue weighted by atomic mass is 9.87. The molecule has 3 aliphatic rings. The Morgan fingerprint density at radius 3 is 2.71 bits per heavy atom. The monoisotopic (exact) mass is 462 g/mol. The van der Waals surface area contributed by atoms with Gasteiger partial charge in [0, 0.05) is 63.1 Å². The molecule has 0 saturated carbocycles. The van der Waals surface area contributed by atoms with Crippen molar-refractivity contribution in [1.29, 1.82) is 0 Å². The number of benzene rings is 2. The first-order chi connectivity index (χ1) is 16.6. The van der Waals surface area contributed by atoms with Crippen LogP contribution in [0, 0.1) is 0 Å². The highest BCUT2D eigenvalue weighted by Gasteiger charge is 2.26. The second-order valence-electron chi connectivity index (χ2n) is 10.1. The number of amides is 1. The largest absolute Gasteiger partial charge is 0.508 e. The zero-order valence-electron chi connectivity index (χ0n) is 20.4. The van der Waals surface area contributed by atoms with E-state index < -0.39 is 0 Å². The van der Waals surface area contributed by atoms with Crippen LogP contribution in [0.25, 0.3) is 0 Å². The molecule has 1 aliphatic carbocycles. The van der Waals surface area contributed by atoms with Crippen molar-refractivity contribution in [2.45, 2.75) is 45.1 Å². The van der Waals surface area contributed by atoms with Gasteiger partial charge >= 0.3 is 0 Å². The lowest BCUT2D eigenvalue weighted by Crippen LogP contribution is -2.51. The molecule has 2 aromatic rings. The fraction of sp³-hybridized carbons (Fsp3) is 0.536. The van der Waals surface area contributed by atoms with Crippen LogP contribution in [0.15, 0.2) is 36.4 Å². The third-order valence-electron chi connectivity index (χ3n) is 7.84. The predicted octanol–water partition coefficient (Wildman–Crippen LogP) is 3.39. The predicted molar refractivity (Wildman–Crippen MR) is 137 cm³/mol. The molecule has 2 aliphatic heterocycles. The maximum Gasteiger partial charge on any atom is 0.253 e. The molecule has 34 heavy (non-hydrogen) atoms. The molecular weight excluding hydrogens is 424 g/mol. The number of aryl methyl sites for hydroxylation is 1. The van der Waals surface area contributed by atoms with E-state index in [1.54, 1.807) is 0 Å². The van der Waals surface area contributed by atoms with E-state index in [-0.39, 0.29) is 5.91 Å². The molecule has 0 radical (unpaired) electrons. The minimum atomic E-state index is 0.172. The number of piperazine rings is 1. The van der Waals surface area contributed by atoms with Crippen LogP contribution in [0.1, 0.15) is 46.8 Å². The SMILES string of the molecule is CCCN(CCN1CCN(C(=O)c2ccc3c(c2)CCN3)CC1)C1CCc2ccc(O)cc2C1. The number of phenolic OH excluding ortho intramolecular Hbond substituents is 1. The van der Waals surface area contributed by atoms with Crippen LogP contribution in [-0.4, -0.2) is 84.1 Å². The second-order valence-corrected chi connectivity index (χ2v) is 10.1. The molecule has 2 aromatic carbocycles. The number of carbonyl (C=O) groups is 1. The number of hydrogen-bond donors (Lipinski definition) is 2. The number of aromatic hydroxyl groups is 1.